The molecule has 1 amide bonds. The Bertz CT molecular complexity index is 267. The summed E-state index contributed by atoms with van der Waals surface area (Å²) in [6.07, 6.45) is 1.58. The zero-order valence-electron chi connectivity index (χ0n) is 9.29. The summed E-state index contributed by atoms with van der Waals surface area (Å²) in [6, 6.07) is 3.60. The Morgan fingerprint density at radius 2 is 2.07 bits per heavy atom. The minimum Gasteiger partial charge on any atom is -0.352 e. The first-order valence-corrected chi connectivity index (χ1v) is 4.95. The first-order valence-electron chi connectivity index (χ1n) is 4.95. The third-order valence-electron chi connectivity index (χ3n) is 1.51. The van der Waals surface area contributed by atoms with Gasteiger partial charge in [0.25, 0.3) is 5.91 Å². The molecule has 0 saturated heterocycles. The summed E-state index contributed by atoms with van der Waals surface area (Å²) in [5, 5.41) is 2.70. The maximum atomic E-state index is 11.2. The number of aryl methyl sites for hydroxylation is 1. The summed E-state index contributed by atoms with van der Waals surface area (Å²) in [5.41, 5.74) is 1.53. The van der Waals surface area contributed by atoms with Gasteiger partial charge < -0.3 is 5.32 Å². The Labute approximate surface area is 85.6 Å². The molecule has 0 atom stereocenters. The van der Waals surface area contributed by atoms with Gasteiger partial charge in [0, 0.05) is 18.4 Å². The molecule has 0 aliphatic heterocycles. The van der Waals surface area contributed by atoms with Crippen LogP contribution in [0.1, 0.15) is 36.8 Å². The summed E-state index contributed by atoms with van der Waals surface area (Å²) in [7, 11) is 0. The molecule has 3 nitrogen and oxygen atoms in total. The molecule has 1 aromatic rings. The topological polar surface area (TPSA) is 42.0 Å². The number of hydrogen-bond acceptors (Lipinski definition) is 2. The number of hydrogen-bond donors (Lipinski definition) is 1. The Kier molecular flexibility index (Phi) is 6.37. The van der Waals surface area contributed by atoms with Crippen molar-refractivity contribution in [1.82, 2.24) is 10.3 Å². The van der Waals surface area contributed by atoms with Crippen LogP contribution < -0.4 is 5.32 Å². The lowest BCUT2D eigenvalue weighted by atomic mass is 10.2. The molecule has 0 spiro atoms. The summed E-state index contributed by atoms with van der Waals surface area (Å²) >= 11 is 0. The van der Waals surface area contributed by atoms with E-state index in [2.05, 4.69) is 10.3 Å². The van der Waals surface area contributed by atoms with Crippen molar-refractivity contribution in [2.24, 2.45) is 0 Å². The maximum Gasteiger partial charge on any atom is 0.252 e. The highest BCUT2D eigenvalue weighted by Gasteiger charge is 2.02. The smallest absolute Gasteiger partial charge is 0.252 e. The fourth-order valence-corrected chi connectivity index (χ4v) is 0.865. The standard InChI is InChI=1S/C9H12N2O.C2H6/c1-3-10-9(12)8-5-4-7(2)11-6-8;1-2/h4-6H,3H2,1-2H3,(H,10,12);1-2H3. The van der Waals surface area contributed by atoms with Crippen molar-refractivity contribution in [2.75, 3.05) is 6.54 Å². The van der Waals surface area contributed by atoms with E-state index in [1.165, 1.54) is 0 Å². The first-order chi connectivity index (χ1) is 6.74. The molecule has 0 fully saturated rings. The lowest BCUT2D eigenvalue weighted by molar-refractivity contribution is 0.0955. The summed E-state index contributed by atoms with van der Waals surface area (Å²) in [4.78, 5) is 15.2. The van der Waals surface area contributed by atoms with Crippen LogP contribution in [-0.2, 0) is 0 Å². The first kappa shape index (κ1) is 12.6. The van der Waals surface area contributed by atoms with Crippen LogP contribution >= 0.6 is 0 Å². The lowest BCUT2D eigenvalue weighted by Gasteiger charge is -2.00. The van der Waals surface area contributed by atoms with E-state index in [9.17, 15) is 4.79 Å². The van der Waals surface area contributed by atoms with Gasteiger partial charge in [-0.2, -0.15) is 0 Å². The van der Waals surface area contributed by atoms with Crippen molar-refractivity contribution in [2.45, 2.75) is 27.7 Å². The van der Waals surface area contributed by atoms with E-state index in [0.717, 1.165) is 5.69 Å². The van der Waals surface area contributed by atoms with Gasteiger partial charge >= 0.3 is 0 Å². The number of carbonyl (C=O) groups excluding carboxylic acids is 1. The number of nitrogens with one attached hydrogen (secondary N) is 1. The van der Waals surface area contributed by atoms with Gasteiger partial charge in [-0.25, -0.2) is 0 Å². The highest BCUT2D eigenvalue weighted by molar-refractivity contribution is 5.93. The second-order valence-electron chi connectivity index (χ2n) is 2.55. The van der Waals surface area contributed by atoms with Crippen LogP contribution in [0.25, 0.3) is 0 Å². The normalized spacial score (nSPS) is 8.57. The molecule has 0 unspecified atom stereocenters. The molecule has 1 N–H and O–H groups in total. The molecule has 1 aromatic heterocycles. The van der Waals surface area contributed by atoms with Gasteiger partial charge in [0.15, 0.2) is 0 Å². The fraction of sp³-hybridized carbons (Fsp3) is 0.455. The number of carbonyl (C=O) groups is 1. The fourth-order valence-electron chi connectivity index (χ4n) is 0.865. The van der Waals surface area contributed by atoms with Gasteiger partial charge in [-0.15, -0.1) is 0 Å². The van der Waals surface area contributed by atoms with E-state index >= 15 is 0 Å². The second kappa shape index (κ2) is 7.06. The predicted molar refractivity (Wildman–Crippen MR) is 58.3 cm³/mol. The molecule has 0 bridgehead atoms. The molecular weight excluding hydrogens is 176 g/mol. The highest BCUT2D eigenvalue weighted by Crippen LogP contribution is 1.98. The number of pyridine rings is 1. The zero-order valence-corrected chi connectivity index (χ0v) is 9.29. The summed E-state index contributed by atoms with van der Waals surface area (Å²) in [5.74, 6) is -0.0648. The van der Waals surface area contributed by atoms with E-state index in [1.54, 1.807) is 12.3 Å². The Morgan fingerprint density at radius 3 is 2.50 bits per heavy atom. The average Bonchev–Trinajstić information content (AvgIpc) is 2.22. The molecule has 0 saturated carbocycles. The average molecular weight is 194 g/mol. The lowest BCUT2D eigenvalue weighted by Crippen LogP contribution is -2.22. The van der Waals surface area contributed by atoms with Crippen molar-refractivity contribution in [3.63, 3.8) is 0 Å². The Hall–Kier alpha value is -1.38. The van der Waals surface area contributed by atoms with Gasteiger partial charge in [-0.3, -0.25) is 9.78 Å². The molecule has 0 aliphatic carbocycles. The molecule has 3 heteroatoms. The largest absolute Gasteiger partial charge is 0.352 e. The van der Waals surface area contributed by atoms with Crippen molar-refractivity contribution < 1.29 is 4.79 Å². The predicted octanol–water partition coefficient (Wildman–Crippen LogP) is 2.17. The van der Waals surface area contributed by atoms with Crippen molar-refractivity contribution in [3.05, 3.63) is 29.6 Å². The molecule has 0 aromatic carbocycles. The molecular formula is C11H18N2O. The third-order valence-corrected chi connectivity index (χ3v) is 1.51. The number of aromatic nitrogens is 1. The molecule has 78 valence electrons. The van der Waals surface area contributed by atoms with E-state index in [4.69, 9.17) is 0 Å². The van der Waals surface area contributed by atoms with Gasteiger partial charge in [-0.1, -0.05) is 13.8 Å². The minimum atomic E-state index is -0.0648. The van der Waals surface area contributed by atoms with Crippen molar-refractivity contribution in [3.8, 4) is 0 Å². The van der Waals surface area contributed by atoms with E-state index in [-0.39, 0.29) is 5.91 Å². The van der Waals surface area contributed by atoms with E-state index < -0.39 is 0 Å². The van der Waals surface area contributed by atoms with Crippen LogP contribution in [-0.4, -0.2) is 17.4 Å². The number of rotatable bonds is 2. The maximum absolute atomic E-state index is 11.2. The highest BCUT2D eigenvalue weighted by atomic mass is 16.1. The van der Waals surface area contributed by atoms with Crippen molar-refractivity contribution >= 4 is 5.91 Å². The van der Waals surface area contributed by atoms with E-state index in [0.29, 0.717) is 12.1 Å². The van der Waals surface area contributed by atoms with Crippen LogP contribution in [0.4, 0.5) is 0 Å². The molecule has 0 radical (unpaired) electrons. The second-order valence-corrected chi connectivity index (χ2v) is 2.55. The number of nitrogens with zero attached hydrogens (tertiary/aromatic N) is 1. The zero-order chi connectivity index (χ0) is 11.0. The molecule has 0 aliphatic rings. The molecule has 1 rings (SSSR count). The molecule has 1 heterocycles. The van der Waals surface area contributed by atoms with Crippen LogP contribution in [0.3, 0.4) is 0 Å². The minimum absolute atomic E-state index is 0.0648. The Morgan fingerprint density at radius 1 is 1.43 bits per heavy atom. The number of amides is 1. The quantitative estimate of drug-likeness (QED) is 0.784. The van der Waals surface area contributed by atoms with Crippen LogP contribution in [0, 0.1) is 6.92 Å². The summed E-state index contributed by atoms with van der Waals surface area (Å²) < 4.78 is 0. The SMILES string of the molecule is CC.CCNC(=O)c1ccc(C)nc1. The van der Waals surface area contributed by atoms with Gasteiger partial charge in [-0.05, 0) is 26.0 Å². The van der Waals surface area contributed by atoms with Gasteiger partial charge in [0.05, 0.1) is 5.56 Å². The monoisotopic (exact) mass is 194 g/mol. The van der Waals surface area contributed by atoms with Crippen LogP contribution in [0.5, 0.6) is 0 Å². The van der Waals surface area contributed by atoms with Crippen molar-refractivity contribution in [1.29, 1.82) is 0 Å². The summed E-state index contributed by atoms with van der Waals surface area (Å²) in [6.45, 7) is 8.42. The van der Waals surface area contributed by atoms with Crippen LogP contribution in [0.2, 0.25) is 0 Å². The van der Waals surface area contributed by atoms with Gasteiger partial charge in [0.2, 0.25) is 0 Å². The third kappa shape index (κ3) is 4.03. The van der Waals surface area contributed by atoms with Gasteiger partial charge in [0.1, 0.15) is 0 Å². The molecule has 14 heavy (non-hydrogen) atoms. The Balaban J connectivity index is 0.000000791. The van der Waals surface area contributed by atoms with Crippen LogP contribution in [0.15, 0.2) is 18.3 Å². The van der Waals surface area contributed by atoms with E-state index in [1.807, 2.05) is 33.8 Å².